The smallest absolute Gasteiger partial charge is 0.422 e. The quantitative estimate of drug-likeness (QED) is 0.805. The Bertz CT molecular complexity index is 320. The van der Waals surface area contributed by atoms with Crippen LogP contribution in [0.2, 0.25) is 0 Å². The summed E-state index contributed by atoms with van der Waals surface area (Å²) in [6.45, 7) is 0.290. The predicted molar refractivity (Wildman–Crippen MR) is 44.4 cm³/mol. The lowest BCUT2D eigenvalue weighted by Gasteiger charge is -2.09. The molecule has 78 valence electrons. The van der Waals surface area contributed by atoms with Crippen molar-refractivity contribution in [1.29, 1.82) is 0 Å². The molecule has 0 aliphatic carbocycles. The second kappa shape index (κ2) is 3.77. The molecule has 0 radical (unpaired) electrons. The van der Waals surface area contributed by atoms with Crippen molar-refractivity contribution < 1.29 is 23.0 Å². The lowest BCUT2D eigenvalue weighted by molar-refractivity contribution is -0.153. The van der Waals surface area contributed by atoms with E-state index < -0.39 is 12.8 Å². The molecule has 1 aromatic rings. The van der Waals surface area contributed by atoms with Gasteiger partial charge in [0.15, 0.2) is 6.61 Å². The summed E-state index contributed by atoms with van der Waals surface area (Å²) in [5, 5.41) is 9.17. The molecule has 0 aliphatic heterocycles. The van der Waals surface area contributed by atoms with Crippen LogP contribution in [0.3, 0.4) is 0 Å². The molecule has 0 heterocycles. The second-order valence-electron chi connectivity index (χ2n) is 2.85. The van der Waals surface area contributed by atoms with Gasteiger partial charge in [0.2, 0.25) is 0 Å². The maximum absolute atomic E-state index is 11.7. The zero-order valence-electron chi connectivity index (χ0n) is 7.43. The lowest BCUT2D eigenvalue weighted by atomic mass is 10.2. The third-order valence-corrected chi connectivity index (χ3v) is 1.58. The van der Waals surface area contributed by atoms with Crippen LogP contribution in [0.15, 0.2) is 18.2 Å². The molecule has 2 nitrogen and oxygen atoms in total. The Labute approximate surface area is 78.9 Å². The molecule has 0 bridgehead atoms. The summed E-state index contributed by atoms with van der Waals surface area (Å²) in [7, 11) is 0. The van der Waals surface area contributed by atoms with Crippen molar-refractivity contribution in [3.8, 4) is 11.5 Å². The van der Waals surface area contributed by atoms with Crippen LogP contribution in [-0.2, 0) is 0 Å². The summed E-state index contributed by atoms with van der Waals surface area (Å²) < 4.78 is 39.6. The Kier molecular flexibility index (Phi) is 2.88. The fourth-order valence-electron chi connectivity index (χ4n) is 0.844. The van der Waals surface area contributed by atoms with Gasteiger partial charge in [0.05, 0.1) is 0 Å². The van der Waals surface area contributed by atoms with Crippen LogP contribution < -0.4 is 4.74 Å². The van der Waals surface area contributed by atoms with E-state index in [4.69, 9.17) is 5.11 Å². The van der Waals surface area contributed by atoms with Crippen LogP contribution >= 0.6 is 0 Å². The molecular formula is C9H9F3O2. The van der Waals surface area contributed by atoms with E-state index in [1.54, 1.807) is 6.92 Å². The lowest BCUT2D eigenvalue weighted by Crippen LogP contribution is -2.19. The van der Waals surface area contributed by atoms with Crippen LogP contribution in [0.25, 0.3) is 0 Å². The molecule has 0 saturated carbocycles. The fourth-order valence-corrected chi connectivity index (χ4v) is 0.844. The first kappa shape index (κ1) is 10.7. The zero-order chi connectivity index (χ0) is 10.8. The van der Waals surface area contributed by atoms with Crippen LogP contribution in [0.4, 0.5) is 13.2 Å². The molecule has 1 rings (SSSR count). The van der Waals surface area contributed by atoms with Gasteiger partial charge >= 0.3 is 6.18 Å². The first-order valence-corrected chi connectivity index (χ1v) is 3.87. The molecular weight excluding hydrogens is 197 g/mol. The van der Waals surface area contributed by atoms with Crippen molar-refractivity contribution in [2.45, 2.75) is 13.1 Å². The molecule has 0 atom stereocenters. The number of ether oxygens (including phenoxy) is 1. The summed E-state index contributed by atoms with van der Waals surface area (Å²) in [6, 6.07) is 4.02. The molecule has 0 fully saturated rings. The number of rotatable bonds is 2. The number of benzene rings is 1. The first-order chi connectivity index (χ1) is 6.38. The Morgan fingerprint density at radius 2 is 2.00 bits per heavy atom. The van der Waals surface area contributed by atoms with Crippen LogP contribution in [0.5, 0.6) is 11.5 Å². The van der Waals surface area contributed by atoms with E-state index in [0.717, 1.165) is 6.07 Å². The van der Waals surface area contributed by atoms with Crippen molar-refractivity contribution in [1.82, 2.24) is 0 Å². The zero-order valence-corrected chi connectivity index (χ0v) is 7.43. The van der Waals surface area contributed by atoms with Gasteiger partial charge in [-0.05, 0) is 18.6 Å². The maximum atomic E-state index is 11.7. The van der Waals surface area contributed by atoms with Crippen molar-refractivity contribution in [2.75, 3.05) is 6.61 Å². The molecule has 0 spiro atoms. The maximum Gasteiger partial charge on any atom is 0.422 e. The number of hydrogen-bond donors (Lipinski definition) is 1. The highest BCUT2D eigenvalue weighted by Crippen LogP contribution is 2.24. The van der Waals surface area contributed by atoms with Gasteiger partial charge in [-0.25, -0.2) is 0 Å². The summed E-state index contributed by atoms with van der Waals surface area (Å²) in [5.74, 6) is -0.0740. The van der Waals surface area contributed by atoms with Crippen molar-refractivity contribution in [2.24, 2.45) is 0 Å². The summed E-state index contributed by atoms with van der Waals surface area (Å²) in [5.41, 5.74) is 0.587. The molecule has 0 unspecified atom stereocenters. The van der Waals surface area contributed by atoms with Gasteiger partial charge < -0.3 is 9.84 Å². The Morgan fingerprint density at radius 1 is 1.36 bits per heavy atom. The van der Waals surface area contributed by atoms with Gasteiger partial charge in [-0.3, -0.25) is 0 Å². The van der Waals surface area contributed by atoms with Crippen LogP contribution in [0, 0.1) is 6.92 Å². The standard InChI is InChI=1S/C9H9F3O2/c1-6-2-3-7(4-8(6)13)14-5-9(10,11)12/h2-4,13H,5H2,1H3. The van der Waals surface area contributed by atoms with Gasteiger partial charge in [-0.15, -0.1) is 0 Å². The summed E-state index contributed by atoms with van der Waals surface area (Å²) in [4.78, 5) is 0. The van der Waals surface area contributed by atoms with E-state index in [-0.39, 0.29) is 11.5 Å². The van der Waals surface area contributed by atoms with E-state index >= 15 is 0 Å². The van der Waals surface area contributed by atoms with Gasteiger partial charge in [-0.1, -0.05) is 6.07 Å². The van der Waals surface area contributed by atoms with Crippen LogP contribution in [-0.4, -0.2) is 17.9 Å². The number of aromatic hydroxyl groups is 1. The molecule has 1 aromatic carbocycles. The molecule has 0 aliphatic rings. The largest absolute Gasteiger partial charge is 0.508 e. The number of phenols is 1. The molecule has 14 heavy (non-hydrogen) atoms. The van der Waals surface area contributed by atoms with Crippen molar-refractivity contribution in [3.63, 3.8) is 0 Å². The molecule has 5 heteroatoms. The SMILES string of the molecule is Cc1ccc(OCC(F)(F)F)cc1O. The van der Waals surface area contributed by atoms with Gasteiger partial charge in [-0.2, -0.15) is 13.2 Å². The summed E-state index contributed by atoms with van der Waals surface area (Å²) >= 11 is 0. The summed E-state index contributed by atoms with van der Waals surface area (Å²) in [6.07, 6.45) is -4.36. The number of hydrogen-bond acceptors (Lipinski definition) is 2. The average molecular weight is 206 g/mol. The fraction of sp³-hybridized carbons (Fsp3) is 0.333. The minimum Gasteiger partial charge on any atom is -0.508 e. The highest BCUT2D eigenvalue weighted by molar-refractivity contribution is 5.38. The Morgan fingerprint density at radius 3 is 2.50 bits per heavy atom. The minimum atomic E-state index is -4.36. The van der Waals surface area contributed by atoms with Gasteiger partial charge in [0.1, 0.15) is 11.5 Å². The van der Waals surface area contributed by atoms with E-state index in [1.807, 2.05) is 0 Å². The van der Waals surface area contributed by atoms with Gasteiger partial charge in [0, 0.05) is 6.07 Å². The number of aryl methyl sites for hydroxylation is 1. The third-order valence-electron chi connectivity index (χ3n) is 1.58. The molecule has 1 N–H and O–H groups in total. The molecule has 0 saturated heterocycles. The predicted octanol–water partition coefficient (Wildman–Crippen LogP) is 2.64. The van der Waals surface area contributed by atoms with E-state index in [2.05, 4.69) is 4.74 Å². The van der Waals surface area contributed by atoms with Gasteiger partial charge in [0.25, 0.3) is 0 Å². The van der Waals surface area contributed by atoms with Crippen LogP contribution in [0.1, 0.15) is 5.56 Å². The number of halogens is 3. The number of alkyl halides is 3. The Hall–Kier alpha value is -1.39. The normalized spacial score (nSPS) is 11.4. The monoisotopic (exact) mass is 206 g/mol. The van der Waals surface area contributed by atoms with E-state index in [0.29, 0.717) is 5.56 Å². The first-order valence-electron chi connectivity index (χ1n) is 3.87. The van der Waals surface area contributed by atoms with E-state index in [1.165, 1.54) is 12.1 Å². The highest BCUT2D eigenvalue weighted by Gasteiger charge is 2.28. The molecule has 0 amide bonds. The van der Waals surface area contributed by atoms with Crippen molar-refractivity contribution >= 4 is 0 Å². The van der Waals surface area contributed by atoms with E-state index in [9.17, 15) is 13.2 Å². The number of phenolic OH excluding ortho intramolecular Hbond substituents is 1. The highest BCUT2D eigenvalue weighted by atomic mass is 19.4. The minimum absolute atomic E-state index is 0.00502. The second-order valence-corrected chi connectivity index (χ2v) is 2.85. The Balaban J connectivity index is 2.65. The average Bonchev–Trinajstić information content (AvgIpc) is 2.06. The molecule has 0 aromatic heterocycles. The third kappa shape index (κ3) is 3.16. The topological polar surface area (TPSA) is 29.5 Å². The van der Waals surface area contributed by atoms with Crippen molar-refractivity contribution in [3.05, 3.63) is 23.8 Å².